The molecule has 3 heterocycles. The van der Waals surface area contributed by atoms with E-state index in [2.05, 4.69) is 10.3 Å². The van der Waals surface area contributed by atoms with Crippen molar-refractivity contribution >= 4 is 34.3 Å². The number of nitrogens with one attached hydrogen (secondary N) is 1. The number of hydrogen-bond acceptors (Lipinski definition) is 4. The van der Waals surface area contributed by atoms with E-state index in [1.165, 1.54) is 11.3 Å². The lowest BCUT2D eigenvalue weighted by Gasteiger charge is -1.99. The standard InChI is InChI=1S/C14H10N2OS2/c17-14(16-11-5-8-18-9-11)13-2-1-12(19-13)10-3-6-15-7-4-10/h1-9H,(H,16,17). The lowest BCUT2D eigenvalue weighted by atomic mass is 10.2. The van der Waals surface area contributed by atoms with Gasteiger partial charge in [-0.05, 0) is 41.3 Å². The molecule has 0 unspecified atom stereocenters. The van der Waals surface area contributed by atoms with Crippen molar-refractivity contribution in [3.05, 3.63) is 58.4 Å². The van der Waals surface area contributed by atoms with Gasteiger partial charge >= 0.3 is 0 Å². The first-order valence-corrected chi connectivity index (χ1v) is 7.42. The number of thiophene rings is 2. The number of carbonyl (C=O) groups excluding carboxylic acids is 1. The summed E-state index contributed by atoms with van der Waals surface area (Å²) < 4.78 is 0. The van der Waals surface area contributed by atoms with Crippen molar-refractivity contribution < 1.29 is 4.79 Å². The maximum Gasteiger partial charge on any atom is 0.265 e. The largest absolute Gasteiger partial charge is 0.321 e. The summed E-state index contributed by atoms with van der Waals surface area (Å²) in [6.45, 7) is 0. The van der Waals surface area contributed by atoms with Crippen LogP contribution in [-0.2, 0) is 0 Å². The fourth-order valence-electron chi connectivity index (χ4n) is 1.66. The third kappa shape index (κ3) is 2.72. The van der Waals surface area contributed by atoms with Gasteiger partial charge in [0.1, 0.15) is 0 Å². The van der Waals surface area contributed by atoms with Crippen LogP contribution in [-0.4, -0.2) is 10.9 Å². The first-order valence-electron chi connectivity index (χ1n) is 5.67. The van der Waals surface area contributed by atoms with Crippen LogP contribution in [0, 0.1) is 0 Å². The second-order valence-electron chi connectivity index (χ2n) is 3.87. The molecule has 0 spiro atoms. The molecule has 3 nitrogen and oxygen atoms in total. The fraction of sp³-hybridized carbons (Fsp3) is 0. The molecule has 0 aromatic carbocycles. The SMILES string of the molecule is O=C(Nc1ccsc1)c1ccc(-c2ccncc2)s1. The van der Waals surface area contributed by atoms with Crippen LogP contribution in [0.5, 0.6) is 0 Å². The summed E-state index contributed by atoms with van der Waals surface area (Å²) in [5, 5.41) is 6.72. The number of hydrogen-bond donors (Lipinski definition) is 1. The van der Waals surface area contributed by atoms with Crippen LogP contribution >= 0.6 is 22.7 Å². The zero-order valence-electron chi connectivity index (χ0n) is 9.87. The van der Waals surface area contributed by atoms with Gasteiger partial charge in [-0.25, -0.2) is 0 Å². The Bertz CT molecular complexity index is 675. The van der Waals surface area contributed by atoms with Crippen LogP contribution in [0.1, 0.15) is 9.67 Å². The maximum absolute atomic E-state index is 12.0. The summed E-state index contributed by atoms with van der Waals surface area (Å²) in [6, 6.07) is 9.57. The first-order chi connectivity index (χ1) is 9.33. The van der Waals surface area contributed by atoms with Crippen LogP contribution in [0.15, 0.2) is 53.5 Å². The monoisotopic (exact) mass is 286 g/mol. The van der Waals surface area contributed by atoms with Gasteiger partial charge in [-0.15, -0.1) is 11.3 Å². The molecule has 0 fully saturated rings. The van der Waals surface area contributed by atoms with Crippen LogP contribution in [0.3, 0.4) is 0 Å². The normalized spacial score (nSPS) is 10.3. The number of anilines is 1. The Labute approximate surface area is 118 Å². The minimum atomic E-state index is -0.0660. The molecule has 0 aliphatic carbocycles. The highest BCUT2D eigenvalue weighted by Gasteiger charge is 2.10. The predicted octanol–water partition coefficient (Wildman–Crippen LogP) is 4.12. The molecule has 1 amide bonds. The molecule has 3 aromatic heterocycles. The summed E-state index contributed by atoms with van der Waals surface area (Å²) in [4.78, 5) is 17.8. The number of carbonyl (C=O) groups is 1. The van der Waals surface area contributed by atoms with Gasteiger partial charge in [-0.3, -0.25) is 9.78 Å². The van der Waals surface area contributed by atoms with Crippen molar-refractivity contribution in [2.75, 3.05) is 5.32 Å². The zero-order valence-corrected chi connectivity index (χ0v) is 11.5. The quantitative estimate of drug-likeness (QED) is 0.786. The molecule has 19 heavy (non-hydrogen) atoms. The Morgan fingerprint density at radius 2 is 1.95 bits per heavy atom. The van der Waals surface area contributed by atoms with Gasteiger partial charge in [0.05, 0.1) is 10.6 Å². The van der Waals surface area contributed by atoms with Crippen molar-refractivity contribution in [3.8, 4) is 10.4 Å². The third-order valence-electron chi connectivity index (χ3n) is 2.57. The molecule has 0 aliphatic rings. The first kappa shape index (κ1) is 12.1. The summed E-state index contributed by atoms with van der Waals surface area (Å²) in [7, 11) is 0. The number of aromatic nitrogens is 1. The number of nitrogens with zero attached hydrogens (tertiary/aromatic N) is 1. The lowest BCUT2D eigenvalue weighted by molar-refractivity contribution is 0.103. The summed E-state index contributed by atoms with van der Waals surface area (Å²) >= 11 is 3.04. The number of amides is 1. The Balaban J connectivity index is 1.80. The lowest BCUT2D eigenvalue weighted by Crippen LogP contribution is -2.08. The van der Waals surface area contributed by atoms with E-state index < -0.39 is 0 Å². The molecule has 3 rings (SSSR count). The Morgan fingerprint density at radius 1 is 1.11 bits per heavy atom. The van der Waals surface area contributed by atoms with Crippen molar-refractivity contribution in [1.82, 2.24) is 4.98 Å². The van der Waals surface area contributed by atoms with Crippen molar-refractivity contribution in [1.29, 1.82) is 0 Å². The molecule has 0 saturated heterocycles. The van der Waals surface area contributed by atoms with Crippen molar-refractivity contribution in [2.24, 2.45) is 0 Å². The molecule has 94 valence electrons. The minimum absolute atomic E-state index is 0.0660. The molecule has 1 N–H and O–H groups in total. The fourth-order valence-corrected chi connectivity index (χ4v) is 3.15. The molecule has 0 bridgehead atoms. The highest BCUT2D eigenvalue weighted by Crippen LogP contribution is 2.28. The topological polar surface area (TPSA) is 42.0 Å². The van der Waals surface area contributed by atoms with E-state index in [9.17, 15) is 4.79 Å². The van der Waals surface area contributed by atoms with Gasteiger partial charge < -0.3 is 5.32 Å². The van der Waals surface area contributed by atoms with E-state index in [1.807, 2.05) is 41.1 Å². The molecule has 3 aromatic rings. The molecule has 5 heteroatoms. The van der Waals surface area contributed by atoms with E-state index in [4.69, 9.17) is 0 Å². The van der Waals surface area contributed by atoms with Gasteiger partial charge in [0.25, 0.3) is 5.91 Å². The van der Waals surface area contributed by atoms with Gasteiger partial charge in [0, 0.05) is 22.7 Å². The Morgan fingerprint density at radius 3 is 2.68 bits per heavy atom. The van der Waals surface area contributed by atoms with Crippen LogP contribution < -0.4 is 5.32 Å². The van der Waals surface area contributed by atoms with Crippen LogP contribution in [0.2, 0.25) is 0 Å². The van der Waals surface area contributed by atoms with E-state index in [0.717, 1.165) is 16.1 Å². The minimum Gasteiger partial charge on any atom is -0.321 e. The number of pyridine rings is 1. The van der Waals surface area contributed by atoms with Gasteiger partial charge in [-0.1, -0.05) is 0 Å². The highest BCUT2D eigenvalue weighted by molar-refractivity contribution is 7.17. The van der Waals surface area contributed by atoms with E-state index in [-0.39, 0.29) is 5.91 Å². The average Bonchev–Trinajstić information content (AvgIpc) is 3.10. The second kappa shape index (κ2) is 5.34. The summed E-state index contributed by atoms with van der Waals surface area (Å²) in [5.41, 5.74) is 1.92. The molecule has 0 saturated carbocycles. The van der Waals surface area contributed by atoms with Crippen LogP contribution in [0.4, 0.5) is 5.69 Å². The Hall–Kier alpha value is -1.98. The summed E-state index contributed by atoms with van der Waals surface area (Å²) in [6.07, 6.45) is 3.50. The predicted molar refractivity (Wildman–Crippen MR) is 79.8 cm³/mol. The second-order valence-corrected chi connectivity index (χ2v) is 5.73. The molecular formula is C14H10N2OS2. The van der Waals surface area contributed by atoms with Gasteiger partial charge in [-0.2, -0.15) is 11.3 Å². The molecular weight excluding hydrogens is 276 g/mol. The van der Waals surface area contributed by atoms with E-state index in [0.29, 0.717) is 4.88 Å². The Kier molecular flexibility index (Phi) is 3.39. The average molecular weight is 286 g/mol. The highest BCUT2D eigenvalue weighted by atomic mass is 32.1. The number of rotatable bonds is 3. The van der Waals surface area contributed by atoms with Crippen molar-refractivity contribution in [2.45, 2.75) is 0 Å². The molecule has 0 atom stereocenters. The van der Waals surface area contributed by atoms with Crippen LogP contribution in [0.25, 0.3) is 10.4 Å². The molecule has 0 aliphatic heterocycles. The van der Waals surface area contributed by atoms with E-state index in [1.54, 1.807) is 23.7 Å². The maximum atomic E-state index is 12.0. The zero-order chi connectivity index (χ0) is 13.1. The van der Waals surface area contributed by atoms with Gasteiger partial charge in [0.2, 0.25) is 0 Å². The van der Waals surface area contributed by atoms with Gasteiger partial charge in [0.15, 0.2) is 0 Å². The summed E-state index contributed by atoms with van der Waals surface area (Å²) in [5.74, 6) is -0.0660. The molecule has 0 radical (unpaired) electrons. The smallest absolute Gasteiger partial charge is 0.265 e. The third-order valence-corrected chi connectivity index (χ3v) is 4.39. The van der Waals surface area contributed by atoms with Crippen molar-refractivity contribution in [3.63, 3.8) is 0 Å². The van der Waals surface area contributed by atoms with E-state index >= 15 is 0 Å².